The van der Waals surface area contributed by atoms with Gasteiger partial charge in [0.2, 0.25) is 0 Å². The van der Waals surface area contributed by atoms with Crippen LogP contribution < -0.4 is 5.73 Å². The Hall–Kier alpha value is -1.06. The number of nitrogens with two attached hydrogens (primary N) is 1. The zero-order chi connectivity index (χ0) is 9.68. The maximum absolute atomic E-state index is 8.76. The molecule has 0 heterocycles. The standard InChI is InChI=1S/C10H15NO2/c11-10-8(4-6-12)2-1-3-9(10)5-7-13/h1-3,12-13H,4-7,11H2. The van der Waals surface area contributed by atoms with Crippen LogP contribution in [-0.4, -0.2) is 23.4 Å². The maximum atomic E-state index is 8.76. The molecule has 0 aliphatic rings. The minimum absolute atomic E-state index is 0.104. The molecule has 0 radical (unpaired) electrons. The summed E-state index contributed by atoms with van der Waals surface area (Å²) in [5, 5.41) is 17.5. The van der Waals surface area contributed by atoms with Crippen molar-refractivity contribution in [3.05, 3.63) is 29.3 Å². The molecule has 0 aliphatic carbocycles. The van der Waals surface area contributed by atoms with Gasteiger partial charge in [-0.25, -0.2) is 0 Å². The Balaban J connectivity index is 2.89. The lowest BCUT2D eigenvalue weighted by molar-refractivity contribution is 0.298. The lowest BCUT2D eigenvalue weighted by atomic mass is 10.0. The molecular weight excluding hydrogens is 166 g/mol. The Bertz CT molecular complexity index is 249. The third-order valence-corrected chi connectivity index (χ3v) is 2.05. The van der Waals surface area contributed by atoms with E-state index in [4.69, 9.17) is 15.9 Å². The van der Waals surface area contributed by atoms with Crippen molar-refractivity contribution < 1.29 is 10.2 Å². The Morgan fingerprint density at radius 1 is 1.00 bits per heavy atom. The molecule has 0 aromatic heterocycles. The van der Waals surface area contributed by atoms with Gasteiger partial charge in [-0.2, -0.15) is 0 Å². The normalized spacial score (nSPS) is 10.3. The van der Waals surface area contributed by atoms with Gasteiger partial charge in [-0.3, -0.25) is 0 Å². The predicted octanol–water partition coefficient (Wildman–Crippen LogP) is 0.338. The molecule has 0 spiro atoms. The Morgan fingerprint density at radius 3 is 1.85 bits per heavy atom. The predicted molar refractivity (Wildman–Crippen MR) is 52.4 cm³/mol. The summed E-state index contributed by atoms with van der Waals surface area (Å²) in [5.41, 5.74) is 8.44. The number of hydrogen-bond donors (Lipinski definition) is 3. The van der Waals surface area contributed by atoms with Crippen molar-refractivity contribution in [1.29, 1.82) is 0 Å². The highest BCUT2D eigenvalue weighted by molar-refractivity contribution is 5.53. The smallest absolute Gasteiger partial charge is 0.0472 e. The van der Waals surface area contributed by atoms with Gasteiger partial charge in [0.05, 0.1) is 0 Å². The minimum atomic E-state index is 0.104. The van der Waals surface area contributed by atoms with Crippen LogP contribution in [0.25, 0.3) is 0 Å². The van der Waals surface area contributed by atoms with Crippen molar-refractivity contribution in [3.63, 3.8) is 0 Å². The van der Waals surface area contributed by atoms with E-state index in [-0.39, 0.29) is 13.2 Å². The first kappa shape index (κ1) is 10.0. The summed E-state index contributed by atoms with van der Waals surface area (Å²) in [4.78, 5) is 0. The van der Waals surface area contributed by atoms with Crippen LogP contribution in [0.4, 0.5) is 5.69 Å². The average Bonchev–Trinajstić information content (AvgIpc) is 2.13. The molecule has 0 atom stereocenters. The lowest BCUT2D eigenvalue weighted by Crippen LogP contribution is -2.03. The monoisotopic (exact) mass is 181 g/mol. The molecule has 0 bridgehead atoms. The fourth-order valence-electron chi connectivity index (χ4n) is 1.34. The van der Waals surface area contributed by atoms with E-state index in [2.05, 4.69) is 0 Å². The van der Waals surface area contributed by atoms with Crippen LogP contribution in [0.2, 0.25) is 0 Å². The summed E-state index contributed by atoms with van der Waals surface area (Å²) in [5.74, 6) is 0. The molecule has 0 fully saturated rings. The Morgan fingerprint density at radius 2 is 1.46 bits per heavy atom. The summed E-state index contributed by atoms with van der Waals surface area (Å²) in [6, 6.07) is 5.69. The third kappa shape index (κ3) is 2.44. The number of aliphatic hydroxyl groups is 2. The fourth-order valence-corrected chi connectivity index (χ4v) is 1.34. The molecule has 0 saturated heterocycles. The second-order valence-corrected chi connectivity index (χ2v) is 2.94. The first-order valence-electron chi connectivity index (χ1n) is 4.37. The van der Waals surface area contributed by atoms with E-state index in [9.17, 15) is 0 Å². The highest BCUT2D eigenvalue weighted by Gasteiger charge is 2.03. The lowest BCUT2D eigenvalue weighted by Gasteiger charge is -2.08. The van der Waals surface area contributed by atoms with E-state index in [0.717, 1.165) is 11.1 Å². The highest BCUT2D eigenvalue weighted by Crippen LogP contribution is 2.18. The first-order valence-corrected chi connectivity index (χ1v) is 4.37. The molecule has 13 heavy (non-hydrogen) atoms. The molecule has 0 amide bonds. The van der Waals surface area contributed by atoms with Gasteiger partial charge in [0.1, 0.15) is 0 Å². The zero-order valence-corrected chi connectivity index (χ0v) is 7.53. The van der Waals surface area contributed by atoms with Crippen molar-refractivity contribution in [2.45, 2.75) is 12.8 Å². The molecule has 1 aromatic carbocycles. The number of aliphatic hydroxyl groups excluding tert-OH is 2. The van der Waals surface area contributed by atoms with Gasteiger partial charge < -0.3 is 15.9 Å². The van der Waals surface area contributed by atoms with E-state index in [1.807, 2.05) is 18.2 Å². The number of anilines is 1. The number of hydrogen-bond acceptors (Lipinski definition) is 3. The second kappa shape index (κ2) is 4.84. The maximum Gasteiger partial charge on any atom is 0.0472 e. The summed E-state index contributed by atoms with van der Waals surface area (Å²) in [6.07, 6.45) is 1.15. The molecule has 3 heteroatoms. The van der Waals surface area contributed by atoms with Gasteiger partial charge >= 0.3 is 0 Å². The Labute approximate surface area is 77.8 Å². The number of nitrogen functional groups attached to an aromatic ring is 1. The van der Waals surface area contributed by atoms with E-state index in [0.29, 0.717) is 18.5 Å². The quantitative estimate of drug-likeness (QED) is 0.587. The molecule has 0 aliphatic heterocycles. The van der Waals surface area contributed by atoms with E-state index in [1.165, 1.54) is 0 Å². The molecule has 0 saturated carbocycles. The van der Waals surface area contributed by atoms with Crippen LogP contribution in [-0.2, 0) is 12.8 Å². The number of benzene rings is 1. The molecular formula is C10H15NO2. The molecule has 0 unspecified atom stereocenters. The van der Waals surface area contributed by atoms with Crippen LogP contribution in [0.5, 0.6) is 0 Å². The summed E-state index contributed by atoms with van der Waals surface area (Å²) < 4.78 is 0. The topological polar surface area (TPSA) is 66.5 Å². The van der Waals surface area contributed by atoms with Gasteiger partial charge in [0.15, 0.2) is 0 Å². The van der Waals surface area contributed by atoms with Crippen molar-refractivity contribution in [1.82, 2.24) is 0 Å². The van der Waals surface area contributed by atoms with E-state index >= 15 is 0 Å². The van der Waals surface area contributed by atoms with E-state index in [1.54, 1.807) is 0 Å². The molecule has 4 N–H and O–H groups in total. The zero-order valence-electron chi connectivity index (χ0n) is 7.53. The van der Waals surface area contributed by atoms with Crippen molar-refractivity contribution >= 4 is 5.69 Å². The molecule has 3 nitrogen and oxygen atoms in total. The van der Waals surface area contributed by atoms with Gasteiger partial charge in [-0.1, -0.05) is 18.2 Å². The molecule has 72 valence electrons. The average molecular weight is 181 g/mol. The summed E-state index contributed by atoms with van der Waals surface area (Å²) in [7, 11) is 0. The molecule has 1 rings (SSSR count). The van der Waals surface area contributed by atoms with Crippen LogP contribution >= 0.6 is 0 Å². The minimum Gasteiger partial charge on any atom is -0.398 e. The SMILES string of the molecule is Nc1c(CCO)cccc1CCO. The van der Waals surface area contributed by atoms with Crippen molar-refractivity contribution in [3.8, 4) is 0 Å². The largest absolute Gasteiger partial charge is 0.398 e. The first-order chi connectivity index (χ1) is 6.29. The van der Waals surface area contributed by atoms with Crippen LogP contribution in [0.3, 0.4) is 0 Å². The highest BCUT2D eigenvalue weighted by atomic mass is 16.3. The van der Waals surface area contributed by atoms with Gasteiger partial charge in [0.25, 0.3) is 0 Å². The molecule has 1 aromatic rings. The second-order valence-electron chi connectivity index (χ2n) is 2.94. The Kier molecular flexibility index (Phi) is 3.73. The van der Waals surface area contributed by atoms with Gasteiger partial charge in [-0.05, 0) is 24.0 Å². The summed E-state index contributed by atoms with van der Waals surface area (Å²) >= 11 is 0. The fraction of sp³-hybridized carbons (Fsp3) is 0.400. The van der Waals surface area contributed by atoms with Gasteiger partial charge in [-0.15, -0.1) is 0 Å². The third-order valence-electron chi connectivity index (χ3n) is 2.05. The van der Waals surface area contributed by atoms with Crippen LogP contribution in [0, 0.1) is 0 Å². The van der Waals surface area contributed by atoms with Gasteiger partial charge in [0, 0.05) is 18.9 Å². The number of para-hydroxylation sites is 1. The van der Waals surface area contributed by atoms with Crippen molar-refractivity contribution in [2.75, 3.05) is 18.9 Å². The van der Waals surface area contributed by atoms with Crippen LogP contribution in [0.15, 0.2) is 18.2 Å². The summed E-state index contributed by atoms with van der Waals surface area (Å²) in [6.45, 7) is 0.208. The van der Waals surface area contributed by atoms with E-state index < -0.39 is 0 Å². The van der Waals surface area contributed by atoms with Crippen LogP contribution in [0.1, 0.15) is 11.1 Å². The number of rotatable bonds is 4. The van der Waals surface area contributed by atoms with Crippen molar-refractivity contribution in [2.24, 2.45) is 0 Å².